The molecular weight excluding hydrogens is 324 g/mol. The van der Waals surface area contributed by atoms with Crippen LogP contribution < -0.4 is 4.74 Å². The van der Waals surface area contributed by atoms with E-state index in [1.54, 1.807) is 13.8 Å². The number of likely N-dealkylation sites (tertiary alicyclic amines) is 1. The number of nitrogens with zero attached hydrogens (tertiary/aromatic N) is 1. The Morgan fingerprint density at radius 1 is 1.29 bits per heavy atom. The van der Waals surface area contributed by atoms with Gasteiger partial charge in [-0.2, -0.15) is 8.78 Å². The molecule has 1 aromatic rings. The van der Waals surface area contributed by atoms with E-state index in [9.17, 15) is 23.5 Å². The molecule has 2 unspecified atom stereocenters. The number of aryl methyl sites for hydroxylation is 2. The fourth-order valence-electron chi connectivity index (χ4n) is 2.94. The second kappa shape index (κ2) is 7.12. The van der Waals surface area contributed by atoms with Crippen LogP contribution in [0.25, 0.3) is 0 Å². The number of alkyl halides is 2. The van der Waals surface area contributed by atoms with E-state index in [2.05, 4.69) is 4.74 Å². The minimum atomic E-state index is -2.96. The topological polar surface area (TPSA) is 76.1 Å². The highest BCUT2D eigenvalue weighted by Gasteiger charge is 2.40. The number of amides is 1. The largest absolute Gasteiger partial charge is 0.480 e. The highest BCUT2D eigenvalue weighted by atomic mass is 19.3. The van der Waals surface area contributed by atoms with Gasteiger partial charge in [0.2, 0.25) is 0 Å². The molecule has 6 nitrogen and oxygen atoms in total. The first-order valence-electron chi connectivity index (χ1n) is 7.37. The third-order valence-electron chi connectivity index (χ3n) is 4.06. The van der Waals surface area contributed by atoms with Gasteiger partial charge in [-0.25, -0.2) is 4.79 Å². The molecule has 1 fully saturated rings. The van der Waals surface area contributed by atoms with Crippen molar-refractivity contribution in [3.63, 3.8) is 0 Å². The zero-order valence-electron chi connectivity index (χ0n) is 13.6. The summed E-state index contributed by atoms with van der Waals surface area (Å²) in [7, 11) is 1.46. The number of methoxy groups -OCH3 is 1. The summed E-state index contributed by atoms with van der Waals surface area (Å²) in [5.41, 5.74) is 0.996. The fraction of sp³-hybridized carbons (Fsp3) is 0.500. The van der Waals surface area contributed by atoms with Crippen LogP contribution in [-0.4, -0.2) is 54.3 Å². The molecule has 1 aromatic carbocycles. The van der Waals surface area contributed by atoms with E-state index in [-0.39, 0.29) is 30.4 Å². The molecule has 0 spiro atoms. The number of ether oxygens (including phenoxy) is 2. The number of carboxylic acid groups (broad SMARTS) is 1. The Labute approximate surface area is 138 Å². The molecule has 1 N–H and O–H groups in total. The molecule has 1 amide bonds. The monoisotopic (exact) mass is 343 g/mol. The third-order valence-corrected chi connectivity index (χ3v) is 4.06. The average Bonchev–Trinajstić information content (AvgIpc) is 2.94. The zero-order valence-corrected chi connectivity index (χ0v) is 13.6. The van der Waals surface area contributed by atoms with Crippen molar-refractivity contribution in [1.82, 2.24) is 4.90 Å². The molecule has 2 atom stereocenters. The van der Waals surface area contributed by atoms with E-state index in [0.29, 0.717) is 11.1 Å². The predicted octanol–water partition coefficient (Wildman–Crippen LogP) is 2.22. The van der Waals surface area contributed by atoms with Crippen LogP contribution in [0.3, 0.4) is 0 Å². The number of hydrogen-bond acceptors (Lipinski definition) is 4. The normalized spacial score (nSPS) is 20.5. The molecule has 1 saturated heterocycles. The summed E-state index contributed by atoms with van der Waals surface area (Å²) in [5, 5.41) is 9.29. The summed E-state index contributed by atoms with van der Waals surface area (Å²) in [6, 6.07) is 1.87. The van der Waals surface area contributed by atoms with Crippen LogP contribution in [0.1, 0.15) is 27.9 Å². The Bertz CT molecular complexity index is 626. The minimum absolute atomic E-state index is 0.0209. The lowest BCUT2D eigenvalue weighted by Crippen LogP contribution is -2.40. The van der Waals surface area contributed by atoms with Crippen molar-refractivity contribution in [1.29, 1.82) is 0 Å². The number of carbonyl (C=O) groups is 2. The van der Waals surface area contributed by atoms with Gasteiger partial charge in [0, 0.05) is 25.6 Å². The number of hydrogen-bond donors (Lipinski definition) is 1. The van der Waals surface area contributed by atoms with E-state index < -0.39 is 24.5 Å². The van der Waals surface area contributed by atoms with Gasteiger partial charge < -0.3 is 19.5 Å². The van der Waals surface area contributed by atoms with Gasteiger partial charge in [-0.1, -0.05) is 0 Å². The average molecular weight is 343 g/mol. The van der Waals surface area contributed by atoms with Crippen molar-refractivity contribution in [3.8, 4) is 5.75 Å². The maximum Gasteiger partial charge on any atom is 0.387 e. The standard InChI is InChI=1S/C16H19F2NO5/c1-8-4-10(5-9(2)13(8)24-16(17)18)14(20)19-7-11(23-3)6-12(19)15(21)22/h4-5,11-12,16H,6-7H2,1-3H3,(H,21,22). The van der Waals surface area contributed by atoms with Gasteiger partial charge in [0.05, 0.1) is 6.10 Å². The zero-order chi connectivity index (χ0) is 18.0. The van der Waals surface area contributed by atoms with Crippen LogP contribution in [0, 0.1) is 13.8 Å². The molecule has 24 heavy (non-hydrogen) atoms. The molecule has 0 bridgehead atoms. The van der Waals surface area contributed by atoms with Gasteiger partial charge in [-0.05, 0) is 37.1 Å². The second-order valence-electron chi connectivity index (χ2n) is 5.72. The number of rotatable bonds is 5. The molecule has 0 radical (unpaired) electrons. The molecule has 1 aliphatic rings. The van der Waals surface area contributed by atoms with Crippen molar-refractivity contribution in [2.45, 2.75) is 39.0 Å². The fourth-order valence-corrected chi connectivity index (χ4v) is 2.94. The van der Waals surface area contributed by atoms with Crippen LogP contribution in [0.15, 0.2) is 12.1 Å². The molecule has 132 valence electrons. The summed E-state index contributed by atoms with van der Waals surface area (Å²) in [5.74, 6) is -1.56. The summed E-state index contributed by atoms with van der Waals surface area (Å²) in [6.45, 7) is 0.317. The van der Waals surface area contributed by atoms with Crippen molar-refractivity contribution in [3.05, 3.63) is 28.8 Å². The summed E-state index contributed by atoms with van der Waals surface area (Å²) in [4.78, 5) is 25.3. The Kier molecular flexibility index (Phi) is 5.38. The molecule has 0 saturated carbocycles. The van der Waals surface area contributed by atoms with Crippen LogP contribution in [0.5, 0.6) is 5.75 Å². The summed E-state index contributed by atoms with van der Waals surface area (Å²) < 4.78 is 34.5. The maximum atomic E-state index is 12.7. The first-order chi connectivity index (χ1) is 11.2. The second-order valence-corrected chi connectivity index (χ2v) is 5.72. The van der Waals surface area contributed by atoms with Crippen LogP contribution in [-0.2, 0) is 9.53 Å². The summed E-state index contributed by atoms with van der Waals surface area (Å²) in [6.07, 6.45) is -0.138. The smallest absolute Gasteiger partial charge is 0.387 e. The van der Waals surface area contributed by atoms with Crippen molar-refractivity contribution in [2.75, 3.05) is 13.7 Å². The lowest BCUT2D eigenvalue weighted by molar-refractivity contribution is -0.141. The first kappa shape index (κ1) is 18.1. The van der Waals surface area contributed by atoms with E-state index in [4.69, 9.17) is 4.74 Å². The molecule has 0 aliphatic carbocycles. The number of halogens is 2. The SMILES string of the molecule is COC1CC(C(=O)O)N(C(=O)c2cc(C)c(OC(F)F)c(C)c2)C1. The quantitative estimate of drug-likeness (QED) is 0.887. The van der Waals surface area contributed by atoms with E-state index in [1.165, 1.54) is 24.1 Å². The molecule has 2 rings (SSSR count). The van der Waals surface area contributed by atoms with E-state index in [0.717, 1.165) is 0 Å². The highest BCUT2D eigenvalue weighted by Crippen LogP contribution is 2.29. The molecule has 1 aliphatic heterocycles. The Hall–Kier alpha value is -2.22. The van der Waals surface area contributed by atoms with Gasteiger partial charge >= 0.3 is 12.6 Å². The van der Waals surface area contributed by atoms with Gasteiger partial charge in [-0.15, -0.1) is 0 Å². The molecular formula is C16H19F2NO5. The maximum absolute atomic E-state index is 12.7. The van der Waals surface area contributed by atoms with Gasteiger partial charge in [0.1, 0.15) is 11.8 Å². The van der Waals surface area contributed by atoms with Crippen molar-refractivity contribution < 1.29 is 33.0 Å². The minimum Gasteiger partial charge on any atom is -0.480 e. The highest BCUT2D eigenvalue weighted by molar-refractivity contribution is 5.97. The van der Waals surface area contributed by atoms with Gasteiger partial charge in [-0.3, -0.25) is 4.79 Å². The molecule has 1 heterocycles. The number of benzene rings is 1. The Morgan fingerprint density at radius 3 is 2.33 bits per heavy atom. The summed E-state index contributed by atoms with van der Waals surface area (Å²) >= 11 is 0. The van der Waals surface area contributed by atoms with Crippen LogP contribution >= 0.6 is 0 Å². The van der Waals surface area contributed by atoms with Crippen molar-refractivity contribution in [2.24, 2.45) is 0 Å². The number of carbonyl (C=O) groups excluding carboxylic acids is 1. The van der Waals surface area contributed by atoms with E-state index >= 15 is 0 Å². The molecule has 8 heteroatoms. The Balaban J connectivity index is 2.30. The van der Waals surface area contributed by atoms with Crippen molar-refractivity contribution >= 4 is 11.9 Å². The Morgan fingerprint density at radius 2 is 1.88 bits per heavy atom. The first-order valence-corrected chi connectivity index (χ1v) is 7.37. The third kappa shape index (κ3) is 3.64. The number of carboxylic acids is 1. The predicted molar refractivity (Wildman–Crippen MR) is 80.4 cm³/mol. The van der Waals surface area contributed by atoms with Crippen LogP contribution in [0.4, 0.5) is 8.78 Å². The lowest BCUT2D eigenvalue weighted by atomic mass is 10.0. The van der Waals surface area contributed by atoms with E-state index in [1.807, 2.05) is 0 Å². The molecule has 0 aromatic heterocycles. The lowest BCUT2D eigenvalue weighted by Gasteiger charge is -2.22. The van der Waals surface area contributed by atoms with Crippen LogP contribution in [0.2, 0.25) is 0 Å². The van der Waals surface area contributed by atoms with Gasteiger partial charge in [0.25, 0.3) is 5.91 Å². The van der Waals surface area contributed by atoms with Gasteiger partial charge in [0.15, 0.2) is 0 Å². The number of aliphatic carboxylic acids is 1.